The molecule has 2 saturated heterocycles. The summed E-state index contributed by atoms with van der Waals surface area (Å²) < 4.78 is 38.0. The van der Waals surface area contributed by atoms with Crippen molar-refractivity contribution in [1.29, 1.82) is 0 Å². The third kappa shape index (κ3) is 6.38. The highest BCUT2D eigenvalue weighted by Gasteiger charge is 2.42. The van der Waals surface area contributed by atoms with Crippen LogP contribution in [0.3, 0.4) is 0 Å². The van der Waals surface area contributed by atoms with Crippen molar-refractivity contribution >= 4 is 22.4 Å². The zero-order valence-corrected chi connectivity index (χ0v) is 17.0. The molecule has 0 radical (unpaired) electrons. The fourth-order valence-corrected chi connectivity index (χ4v) is 4.23. The molecule has 1 spiro atoms. The van der Waals surface area contributed by atoms with E-state index in [1.165, 1.54) is 5.56 Å². The van der Waals surface area contributed by atoms with Crippen molar-refractivity contribution < 1.29 is 27.8 Å². The molecule has 0 bridgehead atoms. The number of nitrogens with one attached hydrogen (secondary N) is 1. The molecule has 4 rings (SSSR count). The van der Waals surface area contributed by atoms with E-state index in [0.29, 0.717) is 6.04 Å². The van der Waals surface area contributed by atoms with E-state index in [1.807, 2.05) is 30.0 Å². The summed E-state index contributed by atoms with van der Waals surface area (Å²) in [4.78, 5) is 19.9. The van der Waals surface area contributed by atoms with Crippen molar-refractivity contribution in [3.05, 3.63) is 41.7 Å². The lowest BCUT2D eigenvalue weighted by Gasteiger charge is -2.38. The van der Waals surface area contributed by atoms with E-state index in [1.54, 1.807) is 11.3 Å². The molecule has 2 aromatic rings. The van der Waals surface area contributed by atoms with Gasteiger partial charge in [-0.05, 0) is 30.9 Å². The van der Waals surface area contributed by atoms with Gasteiger partial charge in [-0.15, -0.1) is 11.3 Å². The van der Waals surface area contributed by atoms with Gasteiger partial charge in [-0.2, -0.15) is 13.2 Å². The second-order valence-electron chi connectivity index (χ2n) is 7.32. The molecular formula is C19H23F3N4O3S. The Bertz CT molecular complexity index is 797. The normalized spacial score (nSPS) is 21.1. The van der Waals surface area contributed by atoms with Gasteiger partial charge in [-0.25, -0.2) is 9.78 Å². The number of anilines is 1. The number of piperidine rings is 1. The van der Waals surface area contributed by atoms with Crippen LogP contribution in [-0.2, 0) is 16.1 Å². The summed E-state index contributed by atoms with van der Waals surface area (Å²) in [5.41, 5.74) is 1.36. The Balaban J connectivity index is 0.000000318. The van der Waals surface area contributed by atoms with Gasteiger partial charge >= 0.3 is 12.1 Å². The first-order valence-electron chi connectivity index (χ1n) is 9.47. The number of alkyl halides is 3. The molecule has 2 fully saturated rings. The van der Waals surface area contributed by atoms with E-state index >= 15 is 0 Å². The second-order valence-corrected chi connectivity index (χ2v) is 8.21. The van der Waals surface area contributed by atoms with E-state index in [9.17, 15) is 13.2 Å². The van der Waals surface area contributed by atoms with Crippen molar-refractivity contribution in [2.45, 2.75) is 43.6 Å². The van der Waals surface area contributed by atoms with Crippen LogP contribution in [0.5, 0.6) is 0 Å². The van der Waals surface area contributed by atoms with E-state index in [-0.39, 0.29) is 5.60 Å². The van der Waals surface area contributed by atoms with Crippen LogP contribution in [0.2, 0.25) is 0 Å². The lowest BCUT2D eigenvalue weighted by Crippen LogP contribution is -2.44. The number of hydrogen-bond donors (Lipinski definition) is 2. The van der Waals surface area contributed by atoms with Crippen LogP contribution < -0.4 is 5.32 Å². The number of pyridine rings is 1. The van der Waals surface area contributed by atoms with Crippen LogP contribution in [0.25, 0.3) is 0 Å². The van der Waals surface area contributed by atoms with Crippen LogP contribution in [-0.4, -0.2) is 63.5 Å². The summed E-state index contributed by atoms with van der Waals surface area (Å²) in [6.07, 6.45) is 3.87. The summed E-state index contributed by atoms with van der Waals surface area (Å²) in [5, 5.41) is 13.6. The fourth-order valence-electron chi connectivity index (χ4n) is 3.62. The Hall–Kier alpha value is -2.24. The number of thiazole rings is 1. The van der Waals surface area contributed by atoms with Gasteiger partial charge in [0.2, 0.25) is 0 Å². The van der Waals surface area contributed by atoms with Crippen LogP contribution in [0, 0.1) is 0 Å². The molecule has 0 aliphatic carbocycles. The molecule has 2 aliphatic heterocycles. The Morgan fingerprint density at radius 2 is 2.10 bits per heavy atom. The van der Waals surface area contributed by atoms with E-state index < -0.39 is 12.1 Å². The van der Waals surface area contributed by atoms with Crippen molar-refractivity contribution in [1.82, 2.24) is 14.9 Å². The van der Waals surface area contributed by atoms with E-state index in [2.05, 4.69) is 26.3 Å². The summed E-state index contributed by atoms with van der Waals surface area (Å²) in [6, 6.07) is 4.55. The topological polar surface area (TPSA) is 87.6 Å². The largest absolute Gasteiger partial charge is 0.490 e. The number of halogens is 3. The molecule has 2 aromatic heterocycles. The van der Waals surface area contributed by atoms with Crippen LogP contribution in [0.15, 0.2) is 36.1 Å². The molecule has 1 unspecified atom stereocenters. The predicted octanol–water partition coefficient (Wildman–Crippen LogP) is 3.41. The summed E-state index contributed by atoms with van der Waals surface area (Å²) >= 11 is 1.65. The summed E-state index contributed by atoms with van der Waals surface area (Å²) in [7, 11) is 0. The standard InChI is InChI=1S/C17H22N4OS.C2HF3O2/c1-2-14(11-18-5-1)12-21-7-3-17(4-8-21)10-15(13-22-17)20-16-19-6-9-23-16;3-2(4,5)1(6)7/h1-2,5-6,9,11,15H,3-4,7-8,10,12-13H2,(H,19,20);(H,6,7). The van der Waals surface area contributed by atoms with E-state index in [0.717, 1.165) is 50.6 Å². The average molecular weight is 444 g/mol. The first-order valence-corrected chi connectivity index (χ1v) is 10.4. The van der Waals surface area contributed by atoms with Crippen molar-refractivity contribution in [3.63, 3.8) is 0 Å². The number of carboxylic acids is 1. The van der Waals surface area contributed by atoms with Gasteiger partial charge in [0.1, 0.15) is 0 Å². The number of carboxylic acid groups (broad SMARTS) is 1. The minimum absolute atomic E-state index is 0.0698. The number of ether oxygens (including phenoxy) is 1. The second kappa shape index (κ2) is 9.71. The fraction of sp³-hybridized carbons (Fsp3) is 0.526. The third-order valence-electron chi connectivity index (χ3n) is 5.11. The molecule has 0 amide bonds. The number of aromatic nitrogens is 2. The number of rotatable bonds is 4. The maximum atomic E-state index is 10.6. The molecule has 1 atom stereocenters. The maximum absolute atomic E-state index is 10.6. The van der Waals surface area contributed by atoms with Crippen molar-refractivity contribution in [2.75, 3.05) is 25.0 Å². The number of hydrogen-bond acceptors (Lipinski definition) is 7. The molecule has 0 saturated carbocycles. The Kier molecular flexibility index (Phi) is 7.27. The third-order valence-corrected chi connectivity index (χ3v) is 5.81. The Labute approximate surface area is 175 Å². The first-order chi connectivity index (χ1) is 14.3. The minimum Gasteiger partial charge on any atom is -0.475 e. The highest BCUT2D eigenvalue weighted by molar-refractivity contribution is 7.13. The summed E-state index contributed by atoms with van der Waals surface area (Å²) in [5.74, 6) is -2.76. The van der Waals surface area contributed by atoms with Crippen LogP contribution in [0.1, 0.15) is 24.8 Å². The highest BCUT2D eigenvalue weighted by atomic mass is 32.1. The lowest BCUT2D eigenvalue weighted by molar-refractivity contribution is -0.192. The SMILES string of the molecule is O=C(O)C(F)(F)F.c1cncc(CN2CCC3(CC2)CC(Nc2nccs2)CO3)c1. The van der Waals surface area contributed by atoms with Crippen LogP contribution in [0.4, 0.5) is 18.3 Å². The van der Waals surface area contributed by atoms with Crippen LogP contribution >= 0.6 is 11.3 Å². The van der Waals surface area contributed by atoms with Gasteiger partial charge < -0.3 is 15.2 Å². The molecule has 2 aliphatic rings. The van der Waals surface area contributed by atoms with Gasteiger partial charge in [0, 0.05) is 43.6 Å². The Morgan fingerprint density at radius 1 is 1.37 bits per heavy atom. The number of likely N-dealkylation sites (tertiary alicyclic amines) is 1. The zero-order valence-electron chi connectivity index (χ0n) is 16.1. The van der Waals surface area contributed by atoms with Gasteiger partial charge in [-0.3, -0.25) is 9.88 Å². The zero-order chi connectivity index (χ0) is 21.6. The van der Waals surface area contributed by atoms with Gasteiger partial charge in [0.15, 0.2) is 5.13 Å². The van der Waals surface area contributed by atoms with Crippen molar-refractivity contribution in [3.8, 4) is 0 Å². The lowest BCUT2D eigenvalue weighted by atomic mass is 9.87. The molecule has 7 nitrogen and oxygen atoms in total. The highest BCUT2D eigenvalue weighted by Crippen LogP contribution is 2.37. The average Bonchev–Trinajstić information content (AvgIpc) is 3.35. The molecule has 2 N–H and O–H groups in total. The van der Waals surface area contributed by atoms with E-state index in [4.69, 9.17) is 14.6 Å². The van der Waals surface area contributed by atoms with Gasteiger partial charge in [0.05, 0.1) is 18.2 Å². The van der Waals surface area contributed by atoms with Gasteiger partial charge in [-0.1, -0.05) is 6.07 Å². The van der Waals surface area contributed by atoms with Gasteiger partial charge in [0.25, 0.3) is 0 Å². The number of carbonyl (C=O) groups is 1. The number of nitrogens with zero attached hydrogens (tertiary/aromatic N) is 3. The maximum Gasteiger partial charge on any atom is 0.490 e. The molecule has 30 heavy (non-hydrogen) atoms. The molecule has 4 heterocycles. The molecule has 11 heteroatoms. The van der Waals surface area contributed by atoms with Crippen molar-refractivity contribution in [2.24, 2.45) is 0 Å². The molecule has 164 valence electrons. The Morgan fingerprint density at radius 3 is 2.67 bits per heavy atom. The summed E-state index contributed by atoms with van der Waals surface area (Å²) in [6.45, 7) is 3.98. The quantitative estimate of drug-likeness (QED) is 0.747. The number of aliphatic carboxylic acids is 1. The smallest absolute Gasteiger partial charge is 0.475 e. The molecule has 0 aromatic carbocycles. The predicted molar refractivity (Wildman–Crippen MR) is 105 cm³/mol. The monoisotopic (exact) mass is 444 g/mol. The molecular weight excluding hydrogens is 421 g/mol. The first kappa shape index (κ1) is 22.4. The minimum atomic E-state index is -5.08.